The molecule has 2 aliphatic rings. The lowest BCUT2D eigenvalue weighted by atomic mass is 9.85. The Morgan fingerprint density at radius 1 is 1.12 bits per heavy atom. The molecule has 2 rings (SSSR count). The fourth-order valence-corrected chi connectivity index (χ4v) is 3.49. The van der Waals surface area contributed by atoms with Gasteiger partial charge in [-0.15, -0.1) is 0 Å². The highest BCUT2D eigenvalue weighted by Crippen LogP contribution is 2.44. The van der Waals surface area contributed by atoms with Gasteiger partial charge in [0.2, 0.25) is 0 Å². The van der Waals surface area contributed by atoms with Crippen LogP contribution in [0.2, 0.25) is 0 Å². The molecule has 1 amide bonds. The molecule has 0 bridgehead atoms. The number of carbonyl (C=O) groups is 1. The van der Waals surface area contributed by atoms with E-state index >= 15 is 0 Å². The topological polar surface area (TPSA) is 74.8 Å². The van der Waals surface area contributed by atoms with Crippen LogP contribution >= 0.6 is 0 Å². The van der Waals surface area contributed by atoms with Crippen LogP contribution in [0.15, 0.2) is 4.99 Å². The van der Waals surface area contributed by atoms with Crippen molar-refractivity contribution in [2.24, 2.45) is 16.8 Å². The third-order valence-electron chi connectivity index (χ3n) is 4.73. The summed E-state index contributed by atoms with van der Waals surface area (Å²) >= 11 is 0. The lowest BCUT2D eigenvalue weighted by molar-refractivity contribution is 0.0529. The zero-order valence-electron chi connectivity index (χ0n) is 15.7. The third kappa shape index (κ3) is 6.57. The van der Waals surface area contributed by atoms with Gasteiger partial charge < -0.3 is 20.7 Å². The molecule has 3 N–H and O–H groups in total. The molecule has 6 nitrogen and oxygen atoms in total. The molecule has 0 aromatic heterocycles. The zero-order valence-corrected chi connectivity index (χ0v) is 15.7. The van der Waals surface area contributed by atoms with Gasteiger partial charge in [-0.25, -0.2) is 4.79 Å². The van der Waals surface area contributed by atoms with Crippen molar-refractivity contribution in [3.8, 4) is 0 Å². The van der Waals surface area contributed by atoms with Gasteiger partial charge in [-0.1, -0.05) is 32.1 Å². The second-order valence-electron chi connectivity index (χ2n) is 7.98. The largest absolute Gasteiger partial charge is 0.444 e. The Kier molecular flexibility index (Phi) is 6.75. The average Bonchev–Trinajstić information content (AvgIpc) is 3.28. The molecule has 138 valence electrons. The second-order valence-corrected chi connectivity index (χ2v) is 7.98. The van der Waals surface area contributed by atoms with Crippen LogP contribution in [0.4, 0.5) is 4.79 Å². The van der Waals surface area contributed by atoms with Crippen LogP contribution in [-0.2, 0) is 4.74 Å². The van der Waals surface area contributed by atoms with Crippen molar-refractivity contribution in [3.05, 3.63) is 0 Å². The van der Waals surface area contributed by atoms with Gasteiger partial charge in [0, 0.05) is 26.2 Å². The van der Waals surface area contributed by atoms with Crippen molar-refractivity contribution >= 4 is 12.1 Å². The van der Waals surface area contributed by atoms with Crippen molar-refractivity contribution in [2.75, 3.05) is 20.1 Å². The number of alkyl carbamates (subject to hydrolysis) is 1. The molecule has 0 aromatic rings. The second kappa shape index (κ2) is 8.58. The molecular weight excluding hydrogens is 304 g/mol. The van der Waals surface area contributed by atoms with Gasteiger partial charge in [0.1, 0.15) is 5.60 Å². The van der Waals surface area contributed by atoms with E-state index in [4.69, 9.17) is 4.74 Å². The maximum Gasteiger partial charge on any atom is 0.407 e. The van der Waals surface area contributed by atoms with E-state index in [2.05, 4.69) is 20.9 Å². The number of rotatable bonds is 5. The number of amides is 1. The Hall–Kier alpha value is -1.46. The first kappa shape index (κ1) is 18.9. The van der Waals surface area contributed by atoms with E-state index in [1.165, 1.54) is 38.5 Å². The molecule has 0 aromatic carbocycles. The summed E-state index contributed by atoms with van der Waals surface area (Å²) in [7, 11) is 1.79. The molecule has 2 aliphatic carbocycles. The first-order valence-electron chi connectivity index (χ1n) is 9.33. The number of nitrogens with one attached hydrogen (secondary N) is 3. The van der Waals surface area contributed by atoms with Gasteiger partial charge in [-0.3, -0.25) is 4.99 Å². The van der Waals surface area contributed by atoms with Crippen molar-refractivity contribution in [3.63, 3.8) is 0 Å². The van der Waals surface area contributed by atoms with Crippen molar-refractivity contribution in [1.29, 1.82) is 0 Å². The van der Waals surface area contributed by atoms with Crippen molar-refractivity contribution < 1.29 is 9.53 Å². The highest BCUT2D eigenvalue weighted by Gasteiger charge is 2.43. The number of hydrogen-bond donors (Lipinski definition) is 3. The van der Waals surface area contributed by atoms with Crippen LogP contribution in [0.1, 0.15) is 59.3 Å². The van der Waals surface area contributed by atoms with E-state index in [1.807, 2.05) is 20.8 Å². The Balaban J connectivity index is 1.59. The lowest BCUT2D eigenvalue weighted by Gasteiger charge is -2.22. The van der Waals surface area contributed by atoms with Gasteiger partial charge in [-0.2, -0.15) is 0 Å². The van der Waals surface area contributed by atoms with Crippen LogP contribution in [0, 0.1) is 11.8 Å². The summed E-state index contributed by atoms with van der Waals surface area (Å²) in [6.07, 6.45) is 7.89. The van der Waals surface area contributed by atoms with Crippen LogP contribution in [0.3, 0.4) is 0 Å². The number of aliphatic imine (C=N–C) groups is 1. The molecule has 0 radical (unpaired) electrons. The predicted octanol–water partition coefficient (Wildman–Crippen LogP) is 2.64. The van der Waals surface area contributed by atoms with Crippen LogP contribution in [0.5, 0.6) is 0 Å². The van der Waals surface area contributed by atoms with Gasteiger partial charge >= 0.3 is 6.09 Å². The van der Waals surface area contributed by atoms with E-state index < -0.39 is 5.60 Å². The summed E-state index contributed by atoms with van der Waals surface area (Å²) in [5.74, 6) is 2.55. The third-order valence-corrected chi connectivity index (χ3v) is 4.73. The Morgan fingerprint density at radius 3 is 2.42 bits per heavy atom. The van der Waals surface area contributed by atoms with E-state index in [0.29, 0.717) is 19.1 Å². The minimum atomic E-state index is -0.463. The first-order chi connectivity index (χ1) is 11.4. The zero-order chi connectivity index (χ0) is 17.6. The monoisotopic (exact) mass is 338 g/mol. The maximum absolute atomic E-state index is 11.6. The number of carbonyl (C=O) groups excluding carboxylic acids is 1. The molecule has 0 spiro atoms. The van der Waals surface area contributed by atoms with Gasteiger partial charge in [0.25, 0.3) is 0 Å². The minimum absolute atomic E-state index is 0.383. The van der Waals surface area contributed by atoms with E-state index in [1.54, 1.807) is 7.05 Å². The smallest absolute Gasteiger partial charge is 0.407 e. The summed E-state index contributed by atoms with van der Waals surface area (Å²) in [5.41, 5.74) is -0.463. The van der Waals surface area contributed by atoms with Gasteiger partial charge in [0.05, 0.1) is 0 Å². The minimum Gasteiger partial charge on any atom is -0.444 e. The predicted molar refractivity (Wildman–Crippen MR) is 97.2 cm³/mol. The van der Waals surface area contributed by atoms with Crippen LogP contribution in [0.25, 0.3) is 0 Å². The summed E-state index contributed by atoms with van der Waals surface area (Å²) in [4.78, 5) is 15.8. The molecule has 0 aliphatic heterocycles. The molecule has 6 heteroatoms. The highest BCUT2D eigenvalue weighted by atomic mass is 16.6. The molecular formula is C18H34N4O2. The van der Waals surface area contributed by atoms with Crippen LogP contribution in [-0.4, -0.2) is 43.8 Å². The molecule has 2 unspecified atom stereocenters. The van der Waals surface area contributed by atoms with Crippen LogP contribution < -0.4 is 16.0 Å². The summed E-state index contributed by atoms with van der Waals surface area (Å²) < 4.78 is 5.20. The van der Waals surface area contributed by atoms with Gasteiger partial charge in [0.15, 0.2) is 5.96 Å². The Labute approximate surface area is 146 Å². The van der Waals surface area contributed by atoms with E-state index in [9.17, 15) is 4.79 Å². The highest BCUT2D eigenvalue weighted by molar-refractivity contribution is 5.80. The maximum atomic E-state index is 11.6. The number of nitrogens with zero attached hydrogens (tertiary/aromatic N) is 1. The normalized spacial score (nSPS) is 25.1. The summed E-state index contributed by atoms with van der Waals surface area (Å²) in [6.45, 7) is 6.70. The van der Waals surface area contributed by atoms with Crippen molar-refractivity contribution in [1.82, 2.24) is 16.0 Å². The quantitative estimate of drug-likeness (QED) is 0.409. The fraction of sp³-hybridized carbons (Fsp3) is 0.889. The van der Waals surface area contributed by atoms with E-state index in [0.717, 1.165) is 17.8 Å². The molecule has 0 saturated heterocycles. The van der Waals surface area contributed by atoms with Gasteiger partial charge in [-0.05, 0) is 39.0 Å². The fourth-order valence-electron chi connectivity index (χ4n) is 3.49. The molecule has 0 heterocycles. The standard InChI is InChI=1S/C18H34N4O2/c1-18(2,3)24-17(23)21-11-10-20-16(19-4)22-15-12-14(15)13-8-6-5-7-9-13/h13-15H,5-12H2,1-4H3,(H,21,23)(H2,19,20,22). The lowest BCUT2D eigenvalue weighted by Crippen LogP contribution is -2.43. The van der Waals surface area contributed by atoms with E-state index in [-0.39, 0.29) is 6.09 Å². The van der Waals surface area contributed by atoms with Crippen molar-refractivity contribution in [2.45, 2.75) is 70.9 Å². The summed E-state index contributed by atoms with van der Waals surface area (Å²) in [5, 5.41) is 9.50. The SMILES string of the molecule is CN=C(NCCNC(=O)OC(C)(C)C)NC1CC1C1CCCCC1. The molecule has 2 saturated carbocycles. The molecule has 24 heavy (non-hydrogen) atoms. The molecule has 2 atom stereocenters. The molecule has 2 fully saturated rings. The summed E-state index contributed by atoms with van der Waals surface area (Å²) in [6, 6.07) is 0.568. The Morgan fingerprint density at radius 2 is 1.79 bits per heavy atom. The Bertz CT molecular complexity index is 439. The average molecular weight is 338 g/mol. The number of ether oxygens (including phenoxy) is 1. The first-order valence-corrected chi connectivity index (χ1v) is 9.33. The number of guanidine groups is 1. The number of hydrogen-bond acceptors (Lipinski definition) is 3.